The van der Waals surface area contributed by atoms with Crippen molar-refractivity contribution in [3.63, 3.8) is 0 Å². The summed E-state index contributed by atoms with van der Waals surface area (Å²) >= 11 is 0. The van der Waals surface area contributed by atoms with Crippen molar-refractivity contribution >= 4 is 5.69 Å². The summed E-state index contributed by atoms with van der Waals surface area (Å²) in [6.07, 6.45) is -0.788. The Kier molecular flexibility index (Phi) is 4.20. The molecule has 0 aromatic heterocycles. The molecule has 2 aromatic rings. The predicted molar refractivity (Wildman–Crippen MR) is 72.4 cm³/mol. The van der Waals surface area contributed by atoms with Gasteiger partial charge in [-0.3, -0.25) is 0 Å². The van der Waals surface area contributed by atoms with E-state index in [9.17, 15) is 13.9 Å². The first-order valence-electron chi connectivity index (χ1n) is 6.07. The predicted octanol–water partition coefficient (Wildman–Crippen LogP) is 2.83. The minimum atomic E-state index is -0.937. The van der Waals surface area contributed by atoms with Gasteiger partial charge < -0.3 is 15.6 Å². The number of ether oxygens (including phenoxy) is 1. The van der Waals surface area contributed by atoms with E-state index in [0.717, 1.165) is 12.1 Å². The quantitative estimate of drug-likeness (QED) is 0.846. The van der Waals surface area contributed by atoms with Crippen LogP contribution in [0.3, 0.4) is 0 Å². The van der Waals surface area contributed by atoms with Gasteiger partial charge in [0.25, 0.3) is 0 Å². The molecule has 106 valence electrons. The summed E-state index contributed by atoms with van der Waals surface area (Å²) in [4.78, 5) is 0. The molecule has 0 amide bonds. The molecular formula is C15H15F2NO2. The Bertz CT molecular complexity index is 617. The maximum absolute atomic E-state index is 13.1. The van der Waals surface area contributed by atoms with Crippen LogP contribution in [-0.2, 0) is 6.42 Å². The number of benzene rings is 2. The Hall–Kier alpha value is -2.14. The van der Waals surface area contributed by atoms with Gasteiger partial charge in [0, 0.05) is 12.0 Å². The van der Waals surface area contributed by atoms with Crippen molar-refractivity contribution in [1.29, 1.82) is 0 Å². The topological polar surface area (TPSA) is 55.5 Å². The lowest BCUT2D eigenvalue weighted by Crippen LogP contribution is -2.07. The molecular weight excluding hydrogens is 264 g/mol. The fourth-order valence-electron chi connectivity index (χ4n) is 2.03. The van der Waals surface area contributed by atoms with Crippen molar-refractivity contribution in [2.75, 3.05) is 12.8 Å². The molecule has 0 aliphatic carbocycles. The minimum Gasteiger partial charge on any atom is -0.495 e. The molecule has 2 aromatic carbocycles. The van der Waals surface area contributed by atoms with E-state index in [0.29, 0.717) is 22.6 Å². The number of anilines is 1. The van der Waals surface area contributed by atoms with E-state index in [1.54, 1.807) is 18.2 Å². The number of hydrogen-bond donors (Lipinski definition) is 2. The first-order chi connectivity index (χ1) is 9.52. The SMILES string of the molecule is COc1cccc(C(O)Cc2ccc(F)c(F)c2)c1N. The van der Waals surface area contributed by atoms with Crippen LogP contribution < -0.4 is 10.5 Å². The lowest BCUT2D eigenvalue weighted by atomic mass is 9.99. The third-order valence-corrected chi connectivity index (χ3v) is 3.09. The number of aliphatic hydroxyl groups is 1. The summed E-state index contributed by atoms with van der Waals surface area (Å²) in [5.41, 5.74) is 7.20. The summed E-state index contributed by atoms with van der Waals surface area (Å²) in [6.45, 7) is 0. The molecule has 20 heavy (non-hydrogen) atoms. The largest absolute Gasteiger partial charge is 0.495 e. The Morgan fingerprint density at radius 3 is 2.60 bits per heavy atom. The lowest BCUT2D eigenvalue weighted by Gasteiger charge is -2.15. The average Bonchev–Trinajstić information content (AvgIpc) is 2.43. The van der Waals surface area contributed by atoms with Crippen molar-refractivity contribution in [1.82, 2.24) is 0 Å². The van der Waals surface area contributed by atoms with Crippen molar-refractivity contribution in [3.8, 4) is 5.75 Å². The van der Waals surface area contributed by atoms with Crippen LogP contribution in [0.15, 0.2) is 36.4 Å². The van der Waals surface area contributed by atoms with E-state index in [-0.39, 0.29) is 6.42 Å². The van der Waals surface area contributed by atoms with Crippen LogP contribution in [0.25, 0.3) is 0 Å². The molecule has 0 aliphatic rings. The van der Waals surface area contributed by atoms with Gasteiger partial charge in [-0.15, -0.1) is 0 Å². The summed E-state index contributed by atoms with van der Waals surface area (Å²) in [5.74, 6) is -1.38. The van der Waals surface area contributed by atoms with Gasteiger partial charge in [0.05, 0.1) is 18.9 Å². The maximum Gasteiger partial charge on any atom is 0.159 e. The highest BCUT2D eigenvalue weighted by atomic mass is 19.2. The van der Waals surface area contributed by atoms with Gasteiger partial charge >= 0.3 is 0 Å². The number of nitrogens with two attached hydrogens (primary N) is 1. The fraction of sp³-hybridized carbons (Fsp3) is 0.200. The highest BCUT2D eigenvalue weighted by Gasteiger charge is 2.15. The van der Waals surface area contributed by atoms with Gasteiger partial charge in [-0.1, -0.05) is 18.2 Å². The molecule has 1 atom stereocenters. The Labute approximate surface area is 115 Å². The van der Waals surface area contributed by atoms with Gasteiger partial charge in [0.1, 0.15) is 5.75 Å². The molecule has 1 unspecified atom stereocenters. The van der Waals surface area contributed by atoms with E-state index in [4.69, 9.17) is 10.5 Å². The van der Waals surface area contributed by atoms with Crippen molar-refractivity contribution in [2.24, 2.45) is 0 Å². The third kappa shape index (κ3) is 2.88. The standard InChI is InChI=1S/C15H15F2NO2/c1-20-14-4-2-3-10(15(14)18)13(19)8-9-5-6-11(16)12(17)7-9/h2-7,13,19H,8,18H2,1H3. The first-order valence-corrected chi connectivity index (χ1v) is 6.07. The number of rotatable bonds is 4. The molecule has 0 aliphatic heterocycles. The summed E-state index contributed by atoms with van der Waals surface area (Å²) < 4.78 is 31.1. The van der Waals surface area contributed by atoms with Crippen LogP contribution in [-0.4, -0.2) is 12.2 Å². The van der Waals surface area contributed by atoms with E-state index in [1.165, 1.54) is 13.2 Å². The second kappa shape index (κ2) is 5.88. The normalized spacial score (nSPS) is 12.2. The second-order valence-corrected chi connectivity index (χ2v) is 4.43. The zero-order chi connectivity index (χ0) is 14.7. The number of aliphatic hydroxyl groups excluding tert-OH is 1. The van der Waals surface area contributed by atoms with Gasteiger partial charge in [-0.05, 0) is 23.8 Å². The fourth-order valence-corrected chi connectivity index (χ4v) is 2.03. The number of halogens is 2. The van der Waals surface area contributed by atoms with E-state index < -0.39 is 17.7 Å². The molecule has 0 saturated carbocycles. The van der Waals surface area contributed by atoms with Crippen LogP contribution in [0.1, 0.15) is 17.2 Å². The number of para-hydroxylation sites is 1. The number of methoxy groups -OCH3 is 1. The van der Waals surface area contributed by atoms with Crippen LogP contribution >= 0.6 is 0 Å². The highest BCUT2D eigenvalue weighted by molar-refractivity contribution is 5.59. The molecule has 2 rings (SSSR count). The van der Waals surface area contributed by atoms with Crippen LogP contribution in [0.2, 0.25) is 0 Å². The molecule has 0 fully saturated rings. The first kappa shape index (κ1) is 14.3. The molecule has 0 radical (unpaired) electrons. The van der Waals surface area contributed by atoms with Gasteiger partial charge in [0.2, 0.25) is 0 Å². The van der Waals surface area contributed by atoms with Crippen molar-refractivity contribution in [2.45, 2.75) is 12.5 Å². The summed E-state index contributed by atoms with van der Waals surface area (Å²) in [5, 5.41) is 10.2. The zero-order valence-electron chi connectivity index (χ0n) is 10.9. The Morgan fingerprint density at radius 1 is 1.20 bits per heavy atom. The number of nitrogen functional groups attached to an aromatic ring is 1. The van der Waals surface area contributed by atoms with E-state index in [2.05, 4.69) is 0 Å². The van der Waals surface area contributed by atoms with Gasteiger partial charge in [0.15, 0.2) is 11.6 Å². The maximum atomic E-state index is 13.1. The third-order valence-electron chi connectivity index (χ3n) is 3.09. The van der Waals surface area contributed by atoms with Crippen LogP contribution in [0.5, 0.6) is 5.75 Å². The molecule has 0 saturated heterocycles. The molecule has 3 nitrogen and oxygen atoms in total. The summed E-state index contributed by atoms with van der Waals surface area (Å²) in [6, 6.07) is 8.59. The van der Waals surface area contributed by atoms with Crippen LogP contribution in [0, 0.1) is 11.6 Å². The lowest BCUT2D eigenvalue weighted by molar-refractivity contribution is 0.178. The monoisotopic (exact) mass is 279 g/mol. The van der Waals surface area contributed by atoms with Crippen LogP contribution in [0.4, 0.5) is 14.5 Å². The van der Waals surface area contributed by atoms with E-state index in [1.807, 2.05) is 0 Å². The molecule has 0 spiro atoms. The van der Waals surface area contributed by atoms with Gasteiger partial charge in [-0.2, -0.15) is 0 Å². The average molecular weight is 279 g/mol. The molecule has 5 heteroatoms. The molecule has 3 N–H and O–H groups in total. The molecule has 0 bridgehead atoms. The Morgan fingerprint density at radius 2 is 1.95 bits per heavy atom. The smallest absolute Gasteiger partial charge is 0.159 e. The van der Waals surface area contributed by atoms with Gasteiger partial charge in [-0.25, -0.2) is 8.78 Å². The second-order valence-electron chi connectivity index (χ2n) is 4.43. The Balaban J connectivity index is 2.23. The highest BCUT2D eigenvalue weighted by Crippen LogP contribution is 2.31. The van der Waals surface area contributed by atoms with Crippen molar-refractivity contribution in [3.05, 3.63) is 59.2 Å². The minimum absolute atomic E-state index is 0.133. The molecule has 0 heterocycles. The van der Waals surface area contributed by atoms with E-state index >= 15 is 0 Å². The van der Waals surface area contributed by atoms with Crippen molar-refractivity contribution < 1.29 is 18.6 Å². The summed E-state index contributed by atoms with van der Waals surface area (Å²) in [7, 11) is 1.48. The number of hydrogen-bond acceptors (Lipinski definition) is 3. The zero-order valence-corrected chi connectivity index (χ0v) is 10.9.